The molecule has 19 heavy (non-hydrogen) atoms. The Balaban J connectivity index is 3.18. The number of amidine groups is 1. The van der Waals surface area contributed by atoms with Crippen LogP contribution in [0, 0.1) is 5.41 Å². The summed E-state index contributed by atoms with van der Waals surface area (Å²) in [5.41, 5.74) is 1.09. The molecule has 0 aromatic heterocycles. The van der Waals surface area contributed by atoms with Crippen LogP contribution in [0.15, 0.2) is 35.3 Å². The van der Waals surface area contributed by atoms with Gasteiger partial charge in [0.1, 0.15) is 5.84 Å². The Morgan fingerprint density at radius 1 is 1.16 bits per heavy atom. The van der Waals surface area contributed by atoms with E-state index in [-0.39, 0.29) is 5.41 Å². The third-order valence-corrected chi connectivity index (χ3v) is 3.40. The van der Waals surface area contributed by atoms with Crippen LogP contribution >= 0.6 is 0 Å². The lowest BCUT2D eigenvalue weighted by Gasteiger charge is -2.37. The molecule has 1 aromatic carbocycles. The smallest absolute Gasteiger partial charge is 0.110 e. The number of hydrogen-bond acceptors (Lipinski definition) is 1. The van der Waals surface area contributed by atoms with Crippen molar-refractivity contribution in [1.82, 2.24) is 4.90 Å². The lowest BCUT2D eigenvalue weighted by atomic mass is 9.92. The lowest BCUT2D eigenvalue weighted by Crippen LogP contribution is -2.44. The van der Waals surface area contributed by atoms with Crippen molar-refractivity contribution in [3.63, 3.8) is 0 Å². The second-order valence-electron chi connectivity index (χ2n) is 6.06. The average molecular weight is 260 g/mol. The van der Waals surface area contributed by atoms with Gasteiger partial charge in [0.2, 0.25) is 0 Å². The standard InChI is InChI=1S/C17H28N2/c1-7-14(3)19(8-2)16(17(4,5)6)18-15-12-10-9-11-13-15/h9-14H,7-8H2,1-6H3. The topological polar surface area (TPSA) is 15.6 Å². The molecule has 106 valence electrons. The van der Waals surface area contributed by atoms with Crippen LogP contribution in [0.5, 0.6) is 0 Å². The molecule has 0 saturated heterocycles. The van der Waals surface area contributed by atoms with E-state index in [9.17, 15) is 0 Å². The number of nitrogens with zero attached hydrogens (tertiary/aromatic N) is 2. The van der Waals surface area contributed by atoms with Gasteiger partial charge in [0, 0.05) is 18.0 Å². The Hall–Kier alpha value is -1.31. The maximum absolute atomic E-state index is 4.91. The summed E-state index contributed by atoms with van der Waals surface area (Å²) in [5.74, 6) is 1.18. The van der Waals surface area contributed by atoms with Crippen LogP contribution in [-0.2, 0) is 0 Å². The molecule has 0 heterocycles. The van der Waals surface area contributed by atoms with Gasteiger partial charge in [-0.25, -0.2) is 4.99 Å². The first kappa shape index (κ1) is 15.7. The number of para-hydroxylation sites is 1. The fourth-order valence-electron chi connectivity index (χ4n) is 2.18. The van der Waals surface area contributed by atoms with Crippen LogP contribution in [0.25, 0.3) is 0 Å². The van der Waals surface area contributed by atoms with E-state index in [0.29, 0.717) is 6.04 Å². The molecule has 0 N–H and O–H groups in total. The van der Waals surface area contributed by atoms with E-state index in [1.54, 1.807) is 0 Å². The minimum absolute atomic E-state index is 0.0509. The number of aliphatic imine (C=N–C) groups is 1. The SMILES string of the molecule is CCC(C)N(CC)C(=Nc1ccccc1)C(C)(C)C. The molecule has 1 unspecified atom stereocenters. The molecule has 1 rings (SSSR count). The average Bonchev–Trinajstić information content (AvgIpc) is 2.38. The number of rotatable bonds is 4. The zero-order valence-electron chi connectivity index (χ0n) is 13.3. The maximum atomic E-state index is 4.91. The lowest BCUT2D eigenvalue weighted by molar-refractivity contribution is 0.304. The van der Waals surface area contributed by atoms with Crippen LogP contribution in [-0.4, -0.2) is 23.3 Å². The minimum Gasteiger partial charge on any atom is -0.357 e. The zero-order chi connectivity index (χ0) is 14.5. The van der Waals surface area contributed by atoms with Crippen molar-refractivity contribution in [3.05, 3.63) is 30.3 Å². The molecule has 0 aliphatic rings. The Labute approximate surface area is 118 Å². The molecule has 0 aliphatic carbocycles. The second kappa shape index (κ2) is 6.74. The molecule has 2 nitrogen and oxygen atoms in total. The molecule has 0 aliphatic heterocycles. The van der Waals surface area contributed by atoms with Gasteiger partial charge in [0.05, 0.1) is 5.69 Å². The Morgan fingerprint density at radius 2 is 1.74 bits per heavy atom. The van der Waals surface area contributed by atoms with Gasteiger partial charge in [-0.2, -0.15) is 0 Å². The van der Waals surface area contributed by atoms with E-state index in [1.807, 2.05) is 18.2 Å². The van der Waals surface area contributed by atoms with E-state index in [1.165, 1.54) is 5.84 Å². The predicted octanol–water partition coefficient (Wildman–Crippen LogP) is 4.88. The first-order valence-corrected chi connectivity index (χ1v) is 7.31. The quantitative estimate of drug-likeness (QED) is 0.556. The van der Waals surface area contributed by atoms with Gasteiger partial charge in [-0.15, -0.1) is 0 Å². The van der Waals surface area contributed by atoms with Crippen molar-refractivity contribution in [2.24, 2.45) is 10.4 Å². The van der Waals surface area contributed by atoms with Crippen molar-refractivity contribution in [2.75, 3.05) is 6.54 Å². The summed E-state index contributed by atoms with van der Waals surface area (Å²) in [6.07, 6.45) is 1.14. The van der Waals surface area contributed by atoms with E-state index < -0.39 is 0 Å². The molecular weight excluding hydrogens is 232 g/mol. The molecule has 0 amide bonds. The first-order valence-electron chi connectivity index (χ1n) is 7.31. The summed E-state index contributed by atoms with van der Waals surface area (Å²) in [6, 6.07) is 10.8. The highest BCUT2D eigenvalue weighted by Crippen LogP contribution is 2.25. The normalized spacial score (nSPS) is 14.3. The second-order valence-corrected chi connectivity index (χ2v) is 6.06. The van der Waals surface area contributed by atoms with Crippen molar-refractivity contribution < 1.29 is 0 Å². The van der Waals surface area contributed by atoms with E-state index in [0.717, 1.165) is 18.7 Å². The van der Waals surface area contributed by atoms with Crippen LogP contribution in [0.1, 0.15) is 48.0 Å². The van der Waals surface area contributed by atoms with Gasteiger partial charge in [0.25, 0.3) is 0 Å². The van der Waals surface area contributed by atoms with Crippen molar-refractivity contribution in [3.8, 4) is 0 Å². The highest BCUT2D eigenvalue weighted by atomic mass is 15.2. The van der Waals surface area contributed by atoms with E-state index >= 15 is 0 Å². The molecule has 2 heteroatoms. The van der Waals surface area contributed by atoms with Crippen LogP contribution in [0.3, 0.4) is 0 Å². The highest BCUT2D eigenvalue weighted by Gasteiger charge is 2.26. The summed E-state index contributed by atoms with van der Waals surface area (Å²) >= 11 is 0. The Bertz CT molecular complexity index is 401. The first-order chi connectivity index (χ1) is 8.90. The molecule has 0 fully saturated rings. The Kier molecular flexibility index (Phi) is 5.59. The van der Waals surface area contributed by atoms with Crippen molar-refractivity contribution in [1.29, 1.82) is 0 Å². The van der Waals surface area contributed by atoms with Gasteiger partial charge >= 0.3 is 0 Å². The van der Waals surface area contributed by atoms with Gasteiger partial charge in [-0.05, 0) is 32.4 Å². The third kappa shape index (κ3) is 4.38. The maximum Gasteiger partial charge on any atom is 0.110 e. The van der Waals surface area contributed by atoms with Crippen molar-refractivity contribution >= 4 is 11.5 Å². The summed E-state index contributed by atoms with van der Waals surface area (Å²) in [4.78, 5) is 7.34. The molecular formula is C17H28N2. The van der Waals surface area contributed by atoms with Gasteiger partial charge < -0.3 is 4.90 Å². The summed E-state index contributed by atoms with van der Waals surface area (Å²) in [6.45, 7) is 14.4. The monoisotopic (exact) mass is 260 g/mol. The summed E-state index contributed by atoms with van der Waals surface area (Å²) in [5, 5.41) is 0. The van der Waals surface area contributed by atoms with Gasteiger partial charge in [-0.3, -0.25) is 0 Å². The predicted molar refractivity (Wildman–Crippen MR) is 85.1 cm³/mol. The summed E-state index contributed by atoms with van der Waals surface area (Å²) < 4.78 is 0. The molecule has 1 aromatic rings. The summed E-state index contributed by atoms with van der Waals surface area (Å²) in [7, 11) is 0. The van der Waals surface area contributed by atoms with Gasteiger partial charge in [-0.1, -0.05) is 45.9 Å². The number of hydrogen-bond donors (Lipinski definition) is 0. The molecule has 0 radical (unpaired) electrons. The molecule has 0 spiro atoms. The zero-order valence-corrected chi connectivity index (χ0v) is 13.3. The van der Waals surface area contributed by atoms with Gasteiger partial charge in [0.15, 0.2) is 0 Å². The minimum atomic E-state index is 0.0509. The Morgan fingerprint density at radius 3 is 2.16 bits per heavy atom. The fourth-order valence-corrected chi connectivity index (χ4v) is 2.18. The van der Waals surface area contributed by atoms with Crippen LogP contribution in [0.4, 0.5) is 5.69 Å². The molecule has 1 atom stereocenters. The van der Waals surface area contributed by atoms with E-state index in [2.05, 4.69) is 58.6 Å². The highest BCUT2D eigenvalue weighted by molar-refractivity contribution is 5.89. The van der Waals surface area contributed by atoms with E-state index in [4.69, 9.17) is 4.99 Å². The fraction of sp³-hybridized carbons (Fsp3) is 0.588. The van der Waals surface area contributed by atoms with Crippen LogP contribution < -0.4 is 0 Å². The molecule has 0 bridgehead atoms. The number of benzene rings is 1. The van der Waals surface area contributed by atoms with Crippen LogP contribution in [0.2, 0.25) is 0 Å². The molecule has 0 saturated carbocycles. The largest absolute Gasteiger partial charge is 0.357 e. The third-order valence-electron chi connectivity index (χ3n) is 3.40. The van der Waals surface area contributed by atoms with Crippen molar-refractivity contribution in [2.45, 2.75) is 54.0 Å².